The van der Waals surface area contributed by atoms with Crippen molar-refractivity contribution in [3.63, 3.8) is 0 Å². The Balaban J connectivity index is 1.03. The number of carboxylic acid groups (broad SMARTS) is 3. The monoisotopic (exact) mass is 1390 g/mol. The van der Waals surface area contributed by atoms with Gasteiger partial charge in [-0.3, -0.25) is 58.0 Å². The molecule has 7 amide bonds. The first kappa shape index (κ1) is 78.4. The quantitative estimate of drug-likeness (QED) is 0.0115. The van der Waals surface area contributed by atoms with E-state index in [0.717, 1.165) is 22.3 Å². The fourth-order valence-electron chi connectivity index (χ4n) is 10.7. The summed E-state index contributed by atoms with van der Waals surface area (Å²) in [6.45, 7) is 5.59. The number of urea groups is 1. The van der Waals surface area contributed by atoms with Gasteiger partial charge in [0.05, 0.1) is 32.2 Å². The van der Waals surface area contributed by atoms with Crippen LogP contribution < -0.4 is 53.0 Å². The summed E-state index contributed by atoms with van der Waals surface area (Å²) in [6.07, 6.45) is 2.54. The van der Waals surface area contributed by atoms with E-state index in [0.29, 0.717) is 101 Å². The second-order valence-corrected chi connectivity index (χ2v) is 25.8. The second kappa shape index (κ2) is 43.7. The van der Waals surface area contributed by atoms with Crippen molar-refractivity contribution in [3.05, 3.63) is 156 Å². The number of aromatic hydroxyl groups is 1. The molecular formula is C70H95N14O14P. The number of phenols is 1. The Kier molecular flexibility index (Phi) is 34.6. The Morgan fingerprint density at radius 1 is 0.556 bits per heavy atom. The van der Waals surface area contributed by atoms with Gasteiger partial charge < -0.3 is 73.4 Å². The number of benzene rings is 5. The van der Waals surface area contributed by atoms with Crippen LogP contribution in [0.5, 0.6) is 11.5 Å². The molecule has 99 heavy (non-hydrogen) atoms. The van der Waals surface area contributed by atoms with Crippen molar-refractivity contribution in [1.29, 1.82) is 0 Å². The Hall–Kier alpha value is -9.57. The Morgan fingerprint density at radius 2 is 1.12 bits per heavy atom. The minimum atomic E-state index is -1.46. The zero-order valence-corrected chi connectivity index (χ0v) is 57.0. The molecule has 0 bridgehead atoms. The summed E-state index contributed by atoms with van der Waals surface area (Å²) in [7, 11) is -1.46. The number of aliphatic carboxylic acids is 3. The molecule has 5 aromatic carbocycles. The minimum Gasteiger partial charge on any atom is -0.508 e. The Labute approximate surface area is 578 Å². The second-order valence-electron chi connectivity index (χ2n) is 23.7. The van der Waals surface area contributed by atoms with Crippen molar-refractivity contribution in [2.24, 2.45) is 10.7 Å². The molecule has 1 aliphatic heterocycles. The number of guanidine groups is 1. The number of hydrogen-bond donors (Lipinski definition) is 13. The number of hydrogen-bond acceptors (Lipinski definition) is 16. The number of nitrogens with two attached hydrogens (primary N) is 1. The maximum Gasteiger partial charge on any atom is 0.344 e. The lowest BCUT2D eigenvalue weighted by Gasteiger charge is -2.33. The molecule has 0 saturated carbocycles. The Bertz CT molecular complexity index is 3360. The third-order valence-electron chi connectivity index (χ3n) is 16.0. The molecular weight excluding hydrogens is 1290 g/mol. The van der Waals surface area contributed by atoms with Crippen LogP contribution in [0.3, 0.4) is 0 Å². The highest BCUT2D eigenvalue weighted by molar-refractivity contribution is 7.74. The summed E-state index contributed by atoms with van der Waals surface area (Å²) in [5.74, 6) is -4.85. The number of carboxylic acids is 3. The van der Waals surface area contributed by atoms with Crippen molar-refractivity contribution in [2.45, 2.75) is 70.1 Å². The van der Waals surface area contributed by atoms with Gasteiger partial charge in [-0.25, -0.2) is 4.79 Å². The molecule has 14 N–H and O–H groups in total. The van der Waals surface area contributed by atoms with Crippen molar-refractivity contribution in [3.8, 4) is 22.6 Å². The molecule has 1 aliphatic rings. The van der Waals surface area contributed by atoms with E-state index in [9.17, 15) is 63.6 Å². The van der Waals surface area contributed by atoms with E-state index < -0.39 is 55.6 Å². The molecule has 0 unspecified atom stereocenters. The summed E-state index contributed by atoms with van der Waals surface area (Å²) < 4.78 is 6.25. The van der Waals surface area contributed by atoms with Crippen LogP contribution in [0.25, 0.3) is 11.1 Å². The number of nitrogens with zero attached hydrogens (tertiary/aromatic N) is 5. The van der Waals surface area contributed by atoms with Gasteiger partial charge in [0.15, 0.2) is 5.96 Å². The average Bonchev–Trinajstić information content (AvgIpc) is 0.843. The van der Waals surface area contributed by atoms with Gasteiger partial charge in [-0.1, -0.05) is 116 Å². The lowest BCUT2D eigenvalue weighted by Crippen LogP contribution is -2.49. The van der Waals surface area contributed by atoms with Gasteiger partial charge in [-0.2, -0.15) is 4.99 Å². The first-order valence-corrected chi connectivity index (χ1v) is 35.0. The number of amides is 7. The summed E-state index contributed by atoms with van der Waals surface area (Å²) >= 11 is 0. The first-order chi connectivity index (χ1) is 47.8. The number of unbranched alkanes of at least 4 members (excludes halogenated alkanes) is 1. The maximum atomic E-state index is 14.6. The predicted molar refractivity (Wildman–Crippen MR) is 377 cm³/mol. The van der Waals surface area contributed by atoms with Crippen molar-refractivity contribution in [2.75, 3.05) is 124 Å². The summed E-state index contributed by atoms with van der Waals surface area (Å²) in [4.78, 5) is 126. The number of aliphatic imine (C=N–C) groups is 1. The predicted octanol–water partition coefficient (Wildman–Crippen LogP) is 3.95. The van der Waals surface area contributed by atoms with Crippen molar-refractivity contribution < 1.29 is 68.3 Å². The van der Waals surface area contributed by atoms with Gasteiger partial charge >= 0.3 is 23.9 Å². The van der Waals surface area contributed by atoms with Gasteiger partial charge in [0.2, 0.25) is 29.3 Å². The first-order valence-electron chi connectivity index (χ1n) is 33.3. The van der Waals surface area contributed by atoms with Crippen molar-refractivity contribution >= 4 is 67.1 Å². The highest BCUT2D eigenvalue weighted by Gasteiger charge is 2.29. The number of rotatable bonds is 38. The molecule has 29 heteroatoms. The highest BCUT2D eigenvalue weighted by atomic mass is 31.1. The standard InChI is InChI=1S/C70H95N14O14P/c1-2-60(86)73-32-33-75-69(96)80-68(71)74-30-12-19-59(66(94)77-44-51-22-26-57(85)27-23-51)79-67(95)65(55-15-7-4-8-16-55)56-17-11-18-58(43-56)98-42-10-9-29-76-70(97)99(48-52-20-24-54(25-21-52)53-13-5-3-6-14-53)50-78-61(87)28-31-72-49-84-40-38-82(46-63(90)91)36-34-81(45-62(88)89)35-37-83(39-41-84)47-64(92)93/h3-8,11,13-18,20-27,43,59,65,72,85H,2,9-10,12,19,28-42,44-50H2,1H3,(H,73,86)(H,76,97)(H,77,94)(H,78,87)(H,79,95)(H,88,89)(H,90,91)(H,92,93)(H4,71,74,75,80,96)/t59-,65+,99+/m1/s1. The van der Waals surface area contributed by atoms with Gasteiger partial charge in [0.25, 0.3) is 0 Å². The van der Waals surface area contributed by atoms with E-state index in [4.69, 9.17) is 10.5 Å². The van der Waals surface area contributed by atoms with Crippen LogP contribution in [0.2, 0.25) is 0 Å². The van der Waals surface area contributed by atoms with Gasteiger partial charge in [-0.05, 0) is 83.3 Å². The van der Waals surface area contributed by atoms with Crippen LogP contribution in [0.15, 0.2) is 138 Å². The largest absolute Gasteiger partial charge is 0.508 e. The average molecular weight is 1390 g/mol. The van der Waals surface area contributed by atoms with E-state index in [1.807, 2.05) is 95.9 Å². The SMILES string of the molecule is CCC(=O)NCCNC(=O)/N=C(/N)NCCC[C@@H](NC(=O)[C@@H](c1ccccc1)c1cccc(OCCCCNC(=O)[P@](CNC(=O)CCNCN2CCN(CC(=O)O)CCN(CC(=O)O)CCN(CC(=O)O)CC2)Cc2ccc(-c3ccccc3)cc2)c1)C(=O)NCc1ccc(O)cc1. The van der Waals surface area contributed by atoms with E-state index >= 15 is 0 Å². The smallest absolute Gasteiger partial charge is 0.344 e. The molecule has 6 rings (SSSR count). The van der Waals surface area contributed by atoms with Gasteiger partial charge in [0.1, 0.15) is 17.5 Å². The van der Waals surface area contributed by atoms with E-state index in [2.05, 4.69) is 47.5 Å². The Morgan fingerprint density at radius 3 is 1.74 bits per heavy atom. The van der Waals surface area contributed by atoms with Crippen LogP contribution in [-0.4, -0.2) is 230 Å². The molecule has 28 nitrogen and oxygen atoms in total. The number of carbonyl (C=O) groups is 9. The molecule has 1 saturated heterocycles. The van der Waals surface area contributed by atoms with E-state index in [1.54, 1.807) is 52.0 Å². The van der Waals surface area contributed by atoms with Crippen molar-refractivity contribution in [1.82, 2.24) is 62.1 Å². The fourth-order valence-corrected chi connectivity index (χ4v) is 12.4. The zero-order valence-electron chi connectivity index (χ0n) is 56.1. The number of carbonyl (C=O) groups excluding carboxylic acids is 6. The topological polar surface area (TPSA) is 391 Å². The number of ether oxygens (including phenoxy) is 1. The van der Waals surface area contributed by atoms with E-state index in [-0.39, 0.29) is 120 Å². The number of phenolic OH excluding ortho intramolecular Hbond substituents is 1. The summed E-state index contributed by atoms with van der Waals surface area (Å²) in [6, 6.07) is 38.9. The molecule has 534 valence electrons. The lowest BCUT2D eigenvalue weighted by atomic mass is 9.90. The normalized spacial score (nSPS) is 14.5. The maximum absolute atomic E-state index is 14.6. The van der Waals surface area contributed by atoms with Gasteiger partial charge in [-0.15, -0.1) is 0 Å². The summed E-state index contributed by atoms with van der Waals surface area (Å²) in [5.41, 5.74) is 10.8. The van der Waals surface area contributed by atoms with Crippen LogP contribution in [-0.2, 0) is 46.3 Å². The van der Waals surface area contributed by atoms with Crippen LogP contribution in [0.1, 0.15) is 73.6 Å². The number of nitrogens with one attached hydrogen (secondary N) is 8. The third-order valence-corrected chi connectivity index (χ3v) is 18.1. The van der Waals surface area contributed by atoms with Crippen LogP contribution >= 0.6 is 7.92 Å². The third kappa shape index (κ3) is 30.8. The van der Waals surface area contributed by atoms with E-state index in [1.165, 1.54) is 12.1 Å². The molecule has 0 aromatic heterocycles. The molecule has 0 radical (unpaired) electrons. The molecule has 0 aliphatic carbocycles. The van der Waals surface area contributed by atoms with Crippen LogP contribution in [0.4, 0.5) is 9.59 Å². The molecule has 3 atom stereocenters. The lowest BCUT2D eigenvalue weighted by molar-refractivity contribution is -0.140. The molecule has 1 heterocycles. The minimum absolute atomic E-state index is 0.0716. The van der Waals surface area contributed by atoms with Crippen LogP contribution in [0, 0.1) is 0 Å². The molecule has 5 aromatic rings. The van der Waals surface area contributed by atoms with Gasteiger partial charge in [0, 0.05) is 132 Å². The zero-order chi connectivity index (χ0) is 71.2. The highest BCUT2D eigenvalue weighted by Crippen LogP contribution is 2.40. The summed E-state index contributed by atoms with van der Waals surface area (Å²) in [5, 5.41) is 61.9. The molecule has 1 fully saturated rings. The molecule has 0 spiro atoms. The fraction of sp³-hybridized carbons (Fsp3) is 0.429.